The van der Waals surface area contributed by atoms with Gasteiger partial charge in [-0.25, -0.2) is 0 Å². The Balaban J connectivity index is 2.89. The highest BCUT2D eigenvalue weighted by Crippen LogP contribution is 2.26. The van der Waals surface area contributed by atoms with E-state index >= 15 is 0 Å². The molecule has 2 heteroatoms. The van der Waals surface area contributed by atoms with Gasteiger partial charge in [0, 0.05) is 12.0 Å². The van der Waals surface area contributed by atoms with Crippen LogP contribution in [0, 0.1) is 12.3 Å². The lowest BCUT2D eigenvalue weighted by Crippen LogP contribution is -2.39. The van der Waals surface area contributed by atoms with Crippen LogP contribution in [0.1, 0.15) is 25.0 Å². The van der Waals surface area contributed by atoms with Crippen molar-refractivity contribution in [3.05, 3.63) is 35.4 Å². The van der Waals surface area contributed by atoms with E-state index < -0.39 is 0 Å². The van der Waals surface area contributed by atoms with Crippen LogP contribution < -0.4 is 5.73 Å². The molecular formula is C13H21NO. The lowest BCUT2D eigenvalue weighted by atomic mass is 9.78. The summed E-state index contributed by atoms with van der Waals surface area (Å²) < 4.78 is 0. The second kappa shape index (κ2) is 4.77. The molecule has 0 saturated carbocycles. The van der Waals surface area contributed by atoms with E-state index in [1.54, 1.807) is 0 Å². The molecule has 0 aliphatic carbocycles. The third-order valence-corrected chi connectivity index (χ3v) is 3.33. The Kier molecular flexibility index (Phi) is 3.89. The monoisotopic (exact) mass is 207 g/mol. The first-order valence-corrected chi connectivity index (χ1v) is 5.42. The van der Waals surface area contributed by atoms with Crippen LogP contribution in [0.5, 0.6) is 0 Å². The van der Waals surface area contributed by atoms with Gasteiger partial charge in [-0.15, -0.1) is 0 Å². The first-order chi connectivity index (χ1) is 6.99. The van der Waals surface area contributed by atoms with Gasteiger partial charge < -0.3 is 10.8 Å². The highest BCUT2D eigenvalue weighted by Gasteiger charge is 2.28. The molecule has 15 heavy (non-hydrogen) atoms. The molecule has 0 saturated heterocycles. The smallest absolute Gasteiger partial charge is 0.0580 e. The summed E-state index contributed by atoms with van der Waals surface area (Å²) >= 11 is 0. The number of aliphatic hydroxyl groups is 1. The van der Waals surface area contributed by atoms with E-state index in [0.717, 1.165) is 6.42 Å². The van der Waals surface area contributed by atoms with Gasteiger partial charge in [0.1, 0.15) is 0 Å². The summed E-state index contributed by atoms with van der Waals surface area (Å²) in [6.45, 7) is 6.43. The maximum Gasteiger partial charge on any atom is 0.0580 e. The van der Waals surface area contributed by atoms with E-state index in [9.17, 15) is 5.11 Å². The zero-order chi connectivity index (χ0) is 11.5. The van der Waals surface area contributed by atoms with Crippen molar-refractivity contribution < 1.29 is 5.11 Å². The topological polar surface area (TPSA) is 46.2 Å². The zero-order valence-electron chi connectivity index (χ0n) is 9.83. The Morgan fingerprint density at radius 2 is 2.00 bits per heavy atom. The number of benzene rings is 1. The van der Waals surface area contributed by atoms with Crippen LogP contribution in [0.2, 0.25) is 0 Å². The predicted molar refractivity (Wildman–Crippen MR) is 63.7 cm³/mol. The molecule has 2 nitrogen and oxygen atoms in total. The minimum absolute atomic E-state index is 0.230. The van der Waals surface area contributed by atoms with Gasteiger partial charge in [0.05, 0.1) is 6.10 Å². The molecule has 2 atom stereocenters. The molecule has 0 spiro atoms. The minimum Gasteiger partial charge on any atom is -0.393 e. The van der Waals surface area contributed by atoms with E-state index in [2.05, 4.69) is 19.1 Å². The molecule has 84 valence electrons. The summed E-state index contributed by atoms with van der Waals surface area (Å²) in [5, 5.41) is 9.74. The molecule has 0 radical (unpaired) electrons. The highest BCUT2D eigenvalue weighted by atomic mass is 16.3. The van der Waals surface area contributed by atoms with Crippen molar-refractivity contribution >= 4 is 0 Å². The van der Waals surface area contributed by atoms with Crippen molar-refractivity contribution in [2.24, 2.45) is 11.1 Å². The number of aliphatic hydroxyl groups excluding tert-OH is 1. The summed E-state index contributed by atoms with van der Waals surface area (Å²) in [6.07, 6.45) is 0.440. The molecular weight excluding hydrogens is 186 g/mol. The summed E-state index contributed by atoms with van der Waals surface area (Å²) in [7, 11) is 0. The Morgan fingerprint density at radius 1 is 1.40 bits per heavy atom. The summed E-state index contributed by atoms with van der Waals surface area (Å²) in [6, 6.07) is 8.25. The quantitative estimate of drug-likeness (QED) is 0.792. The van der Waals surface area contributed by atoms with Crippen LogP contribution in [-0.2, 0) is 6.42 Å². The molecule has 0 fully saturated rings. The van der Waals surface area contributed by atoms with Crippen molar-refractivity contribution in [1.82, 2.24) is 0 Å². The van der Waals surface area contributed by atoms with Crippen molar-refractivity contribution in [2.75, 3.05) is 6.54 Å². The van der Waals surface area contributed by atoms with Crippen LogP contribution in [0.25, 0.3) is 0 Å². The van der Waals surface area contributed by atoms with Gasteiger partial charge in [-0.2, -0.15) is 0 Å². The normalized spacial score (nSPS) is 17.1. The molecule has 0 aromatic heterocycles. The molecule has 2 unspecified atom stereocenters. The Labute approximate surface area is 92.1 Å². The molecule has 3 N–H and O–H groups in total. The standard InChI is InChI=1S/C13H21NO/c1-10-6-4-5-7-12(10)8-13(3,9-14)11(2)15/h4-7,11,15H,8-9,14H2,1-3H3. The third-order valence-electron chi connectivity index (χ3n) is 3.33. The molecule has 0 aliphatic heterocycles. The molecule has 1 aromatic carbocycles. The fourth-order valence-electron chi connectivity index (χ4n) is 1.63. The lowest BCUT2D eigenvalue weighted by molar-refractivity contribution is 0.0588. The van der Waals surface area contributed by atoms with Crippen LogP contribution >= 0.6 is 0 Å². The number of nitrogens with two attached hydrogens (primary N) is 1. The second-order valence-electron chi connectivity index (χ2n) is 4.64. The summed E-state index contributed by atoms with van der Waals surface area (Å²) in [5.74, 6) is 0. The number of hydrogen-bond acceptors (Lipinski definition) is 2. The van der Waals surface area contributed by atoms with Gasteiger partial charge in [0.2, 0.25) is 0 Å². The molecule has 1 rings (SSSR count). The highest BCUT2D eigenvalue weighted by molar-refractivity contribution is 5.26. The maximum absolute atomic E-state index is 9.74. The molecule has 0 aliphatic rings. The Hall–Kier alpha value is -0.860. The maximum atomic E-state index is 9.74. The van der Waals surface area contributed by atoms with E-state index in [4.69, 9.17) is 5.73 Å². The summed E-state index contributed by atoms with van der Waals surface area (Å²) in [5.41, 5.74) is 8.05. The van der Waals surface area contributed by atoms with E-state index in [1.807, 2.05) is 26.0 Å². The van der Waals surface area contributed by atoms with Gasteiger partial charge in [0.25, 0.3) is 0 Å². The van der Waals surface area contributed by atoms with E-state index in [0.29, 0.717) is 6.54 Å². The van der Waals surface area contributed by atoms with Crippen molar-refractivity contribution in [3.8, 4) is 0 Å². The molecule has 0 bridgehead atoms. The molecule has 0 amide bonds. The van der Waals surface area contributed by atoms with Crippen molar-refractivity contribution in [3.63, 3.8) is 0 Å². The fraction of sp³-hybridized carbons (Fsp3) is 0.538. The average Bonchev–Trinajstić information content (AvgIpc) is 2.21. The van der Waals surface area contributed by atoms with Crippen molar-refractivity contribution in [1.29, 1.82) is 0 Å². The van der Waals surface area contributed by atoms with Crippen LogP contribution in [-0.4, -0.2) is 17.8 Å². The van der Waals surface area contributed by atoms with Crippen LogP contribution in [0.15, 0.2) is 24.3 Å². The van der Waals surface area contributed by atoms with E-state index in [1.165, 1.54) is 11.1 Å². The van der Waals surface area contributed by atoms with Gasteiger partial charge in [-0.1, -0.05) is 31.2 Å². The summed E-state index contributed by atoms with van der Waals surface area (Å²) in [4.78, 5) is 0. The van der Waals surface area contributed by atoms with Crippen molar-refractivity contribution in [2.45, 2.75) is 33.3 Å². The number of aryl methyl sites for hydroxylation is 1. The third kappa shape index (κ3) is 2.80. The van der Waals surface area contributed by atoms with Gasteiger partial charge in [-0.3, -0.25) is 0 Å². The number of rotatable bonds is 4. The lowest BCUT2D eigenvalue weighted by Gasteiger charge is -2.31. The first kappa shape index (κ1) is 12.2. The number of hydrogen-bond donors (Lipinski definition) is 2. The predicted octanol–water partition coefficient (Wildman–Crippen LogP) is 1.88. The average molecular weight is 207 g/mol. The minimum atomic E-state index is -0.387. The van der Waals surface area contributed by atoms with E-state index in [-0.39, 0.29) is 11.5 Å². The van der Waals surface area contributed by atoms with Gasteiger partial charge in [-0.05, 0) is 31.4 Å². The first-order valence-electron chi connectivity index (χ1n) is 5.42. The van der Waals surface area contributed by atoms with Crippen LogP contribution in [0.3, 0.4) is 0 Å². The Bertz CT molecular complexity index is 322. The SMILES string of the molecule is Cc1ccccc1CC(C)(CN)C(C)O. The molecule has 0 heterocycles. The second-order valence-corrected chi connectivity index (χ2v) is 4.64. The fourth-order valence-corrected chi connectivity index (χ4v) is 1.63. The molecule has 1 aromatic rings. The zero-order valence-corrected chi connectivity index (χ0v) is 9.83. The Morgan fingerprint density at radius 3 is 2.47 bits per heavy atom. The van der Waals surface area contributed by atoms with Crippen LogP contribution in [0.4, 0.5) is 0 Å². The van der Waals surface area contributed by atoms with Gasteiger partial charge in [0.15, 0.2) is 0 Å². The van der Waals surface area contributed by atoms with Gasteiger partial charge >= 0.3 is 0 Å². The largest absolute Gasteiger partial charge is 0.393 e.